The first kappa shape index (κ1) is 20.4. The minimum atomic E-state index is -3.33. The molecule has 1 aliphatic heterocycles. The Morgan fingerprint density at radius 3 is 2.39 bits per heavy atom. The lowest BCUT2D eigenvalue weighted by Crippen LogP contribution is -2.34. The summed E-state index contributed by atoms with van der Waals surface area (Å²) in [5.74, 6) is -0.161. The first-order valence-corrected chi connectivity index (χ1v) is 11.1. The first-order valence-electron chi connectivity index (χ1n) is 9.28. The Morgan fingerprint density at radius 2 is 1.79 bits per heavy atom. The van der Waals surface area contributed by atoms with Gasteiger partial charge in [0.25, 0.3) is 5.91 Å². The molecule has 0 spiro atoms. The Hall–Kier alpha value is -2.38. The number of anilines is 1. The van der Waals surface area contributed by atoms with Gasteiger partial charge in [-0.2, -0.15) is 0 Å². The number of amides is 1. The van der Waals surface area contributed by atoms with E-state index in [4.69, 9.17) is 0 Å². The Morgan fingerprint density at radius 1 is 1.14 bits per heavy atom. The van der Waals surface area contributed by atoms with E-state index in [9.17, 15) is 13.2 Å². The second-order valence-electron chi connectivity index (χ2n) is 7.69. The number of benzene rings is 2. The fraction of sp³-hybridized carbons (Fsp3) is 0.381. The van der Waals surface area contributed by atoms with E-state index in [1.54, 1.807) is 18.2 Å². The molecule has 1 aliphatic rings. The highest BCUT2D eigenvalue weighted by molar-refractivity contribution is 7.92. The smallest absolute Gasteiger partial charge is 0.251 e. The van der Waals surface area contributed by atoms with Crippen molar-refractivity contribution in [3.63, 3.8) is 0 Å². The molecule has 0 saturated heterocycles. The van der Waals surface area contributed by atoms with Gasteiger partial charge in [-0.25, -0.2) is 8.42 Å². The molecule has 2 aromatic carbocycles. The third-order valence-electron chi connectivity index (χ3n) is 4.83. The summed E-state index contributed by atoms with van der Waals surface area (Å²) in [6, 6.07) is 13.3. The minimum absolute atomic E-state index is 0.135. The largest absolute Gasteiger partial charge is 0.348 e. The molecule has 1 amide bonds. The highest BCUT2D eigenvalue weighted by Gasteiger charge is 2.32. The van der Waals surface area contributed by atoms with Gasteiger partial charge in [-0.05, 0) is 62.3 Å². The van der Waals surface area contributed by atoms with Crippen molar-refractivity contribution < 1.29 is 13.2 Å². The van der Waals surface area contributed by atoms with Gasteiger partial charge < -0.3 is 10.2 Å². The third kappa shape index (κ3) is 4.54. The van der Waals surface area contributed by atoms with Crippen LogP contribution in [0.4, 0.5) is 5.69 Å². The standard InChI is InChI=1S/C21H27N3O3S/c1-15-11-19-12-18(9-10-20(19)24(15)28(4,26)27)21(25)22-13-16-5-7-17(8-6-16)14-23(2)3/h5-10,12,15H,11,13-14H2,1-4H3,(H,22,25)/t15-/m0/s1. The van der Waals surface area contributed by atoms with Gasteiger partial charge in [0.05, 0.1) is 11.9 Å². The van der Waals surface area contributed by atoms with E-state index in [0.717, 1.165) is 17.7 Å². The minimum Gasteiger partial charge on any atom is -0.348 e. The van der Waals surface area contributed by atoms with Crippen LogP contribution in [-0.2, 0) is 29.5 Å². The van der Waals surface area contributed by atoms with Crippen LogP contribution >= 0.6 is 0 Å². The van der Waals surface area contributed by atoms with Crippen molar-refractivity contribution in [3.8, 4) is 0 Å². The van der Waals surface area contributed by atoms with Crippen LogP contribution in [0.1, 0.15) is 34.0 Å². The summed E-state index contributed by atoms with van der Waals surface area (Å²) in [5.41, 5.74) is 4.37. The Kier molecular flexibility index (Phi) is 5.76. The van der Waals surface area contributed by atoms with Gasteiger partial charge in [-0.3, -0.25) is 9.10 Å². The number of hydrogen-bond donors (Lipinski definition) is 1. The van der Waals surface area contributed by atoms with Gasteiger partial charge in [0.15, 0.2) is 0 Å². The molecule has 2 aromatic rings. The van der Waals surface area contributed by atoms with Crippen molar-refractivity contribution in [2.75, 3.05) is 24.7 Å². The van der Waals surface area contributed by atoms with E-state index in [2.05, 4.69) is 22.3 Å². The zero-order chi connectivity index (χ0) is 20.5. The number of carbonyl (C=O) groups is 1. The van der Waals surface area contributed by atoms with Crippen LogP contribution in [0.25, 0.3) is 0 Å². The summed E-state index contributed by atoms with van der Waals surface area (Å²) in [6.07, 6.45) is 1.82. The number of sulfonamides is 1. The lowest BCUT2D eigenvalue weighted by atomic mass is 10.1. The number of hydrogen-bond acceptors (Lipinski definition) is 4. The topological polar surface area (TPSA) is 69.7 Å². The molecule has 28 heavy (non-hydrogen) atoms. The van der Waals surface area contributed by atoms with E-state index in [0.29, 0.717) is 24.2 Å². The van der Waals surface area contributed by atoms with Gasteiger partial charge >= 0.3 is 0 Å². The van der Waals surface area contributed by atoms with Crippen LogP contribution in [0, 0.1) is 0 Å². The predicted octanol–water partition coefficient (Wildman–Crippen LogP) is 2.39. The van der Waals surface area contributed by atoms with Gasteiger partial charge in [0.2, 0.25) is 10.0 Å². The fourth-order valence-electron chi connectivity index (χ4n) is 3.66. The molecular formula is C21H27N3O3S. The number of nitrogens with one attached hydrogen (secondary N) is 1. The molecule has 6 nitrogen and oxygen atoms in total. The molecular weight excluding hydrogens is 374 g/mol. The van der Waals surface area contributed by atoms with Crippen LogP contribution in [0.2, 0.25) is 0 Å². The monoisotopic (exact) mass is 401 g/mol. The van der Waals surface area contributed by atoms with Crippen molar-refractivity contribution in [2.45, 2.75) is 32.5 Å². The van der Waals surface area contributed by atoms with Gasteiger partial charge in [0, 0.05) is 24.7 Å². The molecule has 7 heteroatoms. The average Bonchev–Trinajstić information content (AvgIpc) is 2.95. The van der Waals surface area contributed by atoms with Crippen LogP contribution in [0.5, 0.6) is 0 Å². The van der Waals surface area contributed by atoms with Gasteiger partial charge in [-0.1, -0.05) is 24.3 Å². The maximum absolute atomic E-state index is 12.5. The summed E-state index contributed by atoms with van der Waals surface area (Å²) in [4.78, 5) is 14.6. The van der Waals surface area contributed by atoms with Gasteiger partial charge in [0.1, 0.15) is 0 Å². The van der Waals surface area contributed by atoms with Crippen LogP contribution in [0.15, 0.2) is 42.5 Å². The van der Waals surface area contributed by atoms with Crippen molar-refractivity contribution in [1.29, 1.82) is 0 Å². The molecule has 0 fully saturated rings. The molecule has 0 bridgehead atoms. The van der Waals surface area contributed by atoms with E-state index in [-0.39, 0.29) is 11.9 Å². The SMILES string of the molecule is C[C@H]1Cc2cc(C(=O)NCc3ccc(CN(C)C)cc3)ccc2N1S(C)(=O)=O. The molecule has 3 rings (SSSR count). The highest BCUT2D eigenvalue weighted by atomic mass is 32.2. The van der Waals surface area contributed by atoms with E-state index >= 15 is 0 Å². The van der Waals surface area contributed by atoms with E-state index < -0.39 is 10.0 Å². The summed E-state index contributed by atoms with van der Waals surface area (Å²) in [7, 11) is 0.731. The van der Waals surface area contributed by atoms with E-state index in [1.807, 2.05) is 33.2 Å². The van der Waals surface area contributed by atoms with Crippen molar-refractivity contribution in [2.24, 2.45) is 0 Å². The number of fused-ring (bicyclic) bond motifs is 1. The second-order valence-corrected chi connectivity index (χ2v) is 9.55. The molecule has 0 aliphatic carbocycles. The van der Waals surface area contributed by atoms with Crippen molar-refractivity contribution >= 4 is 21.6 Å². The van der Waals surface area contributed by atoms with Crippen molar-refractivity contribution in [1.82, 2.24) is 10.2 Å². The zero-order valence-corrected chi connectivity index (χ0v) is 17.6. The molecule has 1 N–H and O–H groups in total. The van der Waals surface area contributed by atoms with Crippen molar-refractivity contribution in [3.05, 3.63) is 64.7 Å². The summed E-state index contributed by atoms with van der Waals surface area (Å²) in [5, 5.41) is 2.94. The quantitative estimate of drug-likeness (QED) is 0.807. The molecule has 150 valence electrons. The highest BCUT2D eigenvalue weighted by Crippen LogP contribution is 2.34. The second kappa shape index (κ2) is 7.93. The average molecular weight is 402 g/mol. The number of carbonyl (C=O) groups excluding carboxylic acids is 1. The van der Waals surface area contributed by atoms with Crippen LogP contribution in [0.3, 0.4) is 0 Å². The van der Waals surface area contributed by atoms with Gasteiger partial charge in [-0.15, -0.1) is 0 Å². The Labute approximate surface area is 167 Å². The first-order chi connectivity index (χ1) is 13.1. The fourth-order valence-corrected chi connectivity index (χ4v) is 4.93. The Bertz CT molecular complexity index is 969. The lowest BCUT2D eigenvalue weighted by Gasteiger charge is -2.21. The Balaban J connectivity index is 1.67. The van der Waals surface area contributed by atoms with Crippen LogP contribution in [-0.4, -0.2) is 45.6 Å². The molecule has 0 unspecified atom stereocenters. The number of nitrogens with zero attached hydrogens (tertiary/aromatic N) is 2. The molecule has 0 radical (unpaired) electrons. The summed E-state index contributed by atoms with van der Waals surface area (Å²) in [6.45, 7) is 3.20. The van der Waals surface area contributed by atoms with Crippen LogP contribution < -0.4 is 9.62 Å². The normalized spacial score (nSPS) is 16.3. The molecule has 1 heterocycles. The summed E-state index contributed by atoms with van der Waals surface area (Å²) >= 11 is 0. The molecule has 0 aromatic heterocycles. The summed E-state index contributed by atoms with van der Waals surface area (Å²) < 4.78 is 25.5. The maximum Gasteiger partial charge on any atom is 0.251 e. The van der Waals surface area contributed by atoms with E-state index in [1.165, 1.54) is 16.1 Å². The molecule has 1 atom stereocenters. The number of rotatable bonds is 6. The predicted molar refractivity (Wildman–Crippen MR) is 112 cm³/mol. The third-order valence-corrected chi connectivity index (χ3v) is 6.10. The zero-order valence-electron chi connectivity index (χ0n) is 16.8. The lowest BCUT2D eigenvalue weighted by molar-refractivity contribution is 0.0951. The maximum atomic E-state index is 12.5. The molecule has 0 saturated carbocycles.